The average molecular weight is 363 g/mol. The molecule has 5 nitrogen and oxygen atoms in total. The maximum Gasteiger partial charge on any atom is 0.232 e. The smallest absolute Gasteiger partial charge is 0.232 e. The van der Waals surface area contributed by atoms with Crippen LogP contribution in [0.3, 0.4) is 0 Å². The quantitative estimate of drug-likeness (QED) is 0.784. The van der Waals surface area contributed by atoms with E-state index in [1.807, 2.05) is 32.7 Å². The number of hydrogen-bond acceptors (Lipinski definition) is 3. The van der Waals surface area contributed by atoms with Crippen LogP contribution in [0.4, 0.5) is 0 Å². The first-order chi connectivity index (χ1) is 12.0. The first-order valence-corrected chi connectivity index (χ1v) is 10.1. The van der Waals surface area contributed by atoms with Crippen molar-refractivity contribution in [2.45, 2.75) is 85.1 Å². The highest BCUT2D eigenvalue weighted by Crippen LogP contribution is 2.57. The summed E-state index contributed by atoms with van der Waals surface area (Å²) in [5.74, 6) is 0.207. The van der Waals surface area contributed by atoms with Crippen LogP contribution in [0.2, 0.25) is 0 Å². The summed E-state index contributed by atoms with van der Waals surface area (Å²) in [4.78, 5) is 40.4. The number of fused-ring (bicyclic) bond motifs is 2. The third kappa shape index (κ3) is 3.07. The topological polar surface area (TPSA) is 66.5 Å². The summed E-state index contributed by atoms with van der Waals surface area (Å²) < 4.78 is 0. The van der Waals surface area contributed by atoms with E-state index in [2.05, 4.69) is 12.2 Å². The van der Waals surface area contributed by atoms with Gasteiger partial charge in [-0.3, -0.25) is 19.7 Å². The van der Waals surface area contributed by atoms with Crippen molar-refractivity contribution in [3.8, 4) is 0 Å². The highest BCUT2D eigenvalue weighted by molar-refractivity contribution is 6.04. The second kappa shape index (κ2) is 6.35. The molecule has 2 bridgehead atoms. The standard InChI is InChI=1S/C21H34N2O3/c1-14(15-9-7-6-8-10-15)23(5)18(26)21(4)12-19(2)11-20(3,13-21)17(25)22-16(19)24/h14-15H,6-13H2,1-5H3,(H,22,24,25)/t14-,19?,20?,21?/m1/s1. The summed E-state index contributed by atoms with van der Waals surface area (Å²) in [6.45, 7) is 7.92. The molecule has 3 amide bonds. The molecule has 3 aliphatic rings. The third-order valence-corrected chi connectivity index (χ3v) is 7.44. The van der Waals surface area contributed by atoms with Gasteiger partial charge in [-0.2, -0.15) is 0 Å². The van der Waals surface area contributed by atoms with Crippen molar-refractivity contribution in [1.82, 2.24) is 10.2 Å². The maximum atomic E-state index is 13.5. The fourth-order valence-electron chi connectivity index (χ4n) is 6.19. The molecule has 146 valence electrons. The summed E-state index contributed by atoms with van der Waals surface area (Å²) in [6.07, 6.45) is 7.72. The van der Waals surface area contributed by atoms with Gasteiger partial charge in [0.25, 0.3) is 0 Å². The molecule has 0 aromatic carbocycles. The molecule has 26 heavy (non-hydrogen) atoms. The van der Waals surface area contributed by atoms with Crippen LogP contribution in [0.25, 0.3) is 0 Å². The highest BCUT2D eigenvalue weighted by atomic mass is 16.2. The van der Waals surface area contributed by atoms with Crippen molar-refractivity contribution >= 4 is 17.7 Å². The molecule has 2 unspecified atom stereocenters. The van der Waals surface area contributed by atoms with Crippen LogP contribution < -0.4 is 5.32 Å². The van der Waals surface area contributed by atoms with Crippen molar-refractivity contribution in [2.24, 2.45) is 22.2 Å². The Balaban J connectivity index is 1.83. The summed E-state index contributed by atoms with van der Waals surface area (Å²) in [5.41, 5.74) is -1.98. The van der Waals surface area contributed by atoms with E-state index in [4.69, 9.17) is 0 Å². The Kier molecular flexibility index (Phi) is 4.73. The minimum absolute atomic E-state index is 0.0928. The third-order valence-electron chi connectivity index (χ3n) is 7.44. The predicted molar refractivity (Wildman–Crippen MR) is 100 cm³/mol. The molecule has 3 rings (SSSR count). The first kappa shape index (κ1) is 19.4. The molecule has 3 fully saturated rings. The van der Waals surface area contributed by atoms with E-state index < -0.39 is 16.2 Å². The lowest BCUT2D eigenvalue weighted by Gasteiger charge is -2.54. The molecule has 0 spiro atoms. The van der Waals surface area contributed by atoms with Crippen molar-refractivity contribution in [1.29, 1.82) is 0 Å². The molecular formula is C21H34N2O3. The molecule has 0 radical (unpaired) electrons. The van der Waals surface area contributed by atoms with E-state index in [1.165, 1.54) is 32.1 Å². The summed E-state index contributed by atoms with van der Waals surface area (Å²) in [5, 5.41) is 2.54. The molecule has 2 aliphatic carbocycles. The van der Waals surface area contributed by atoms with Crippen LogP contribution in [0.5, 0.6) is 0 Å². The minimum Gasteiger partial charge on any atom is -0.342 e. The van der Waals surface area contributed by atoms with Crippen molar-refractivity contribution in [2.75, 3.05) is 7.05 Å². The number of carbonyl (C=O) groups is 3. The lowest BCUT2D eigenvalue weighted by atomic mass is 9.52. The van der Waals surface area contributed by atoms with E-state index in [0.717, 1.165) is 0 Å². The van der Waals surface area contributed by atoms with Crippen LogP contribution in [0, 0.1) is 22.2 Å². The molecule has 2 saturated carbocycles. The predicted octanol–water partition coefficient (Wildman–Crippen LogP) is 3.27. The van der Waals surface area contributed by atoms with Gasteiger partial charge >= 0.3 is 0 Å². The molecule has 1 saturated heterocycles. The monoisotopic (exact) mass is 362 g/mol. The van der Waals surface area contributed by atoms with Crippen LogP contribution >= 0.6 is 0 Å². The van der Waals surface area contributed by atoms with Gasteiger partial charge in [0, 0.05) is 29.3 Å². The van der Waals surface area contributed by atoms with Gasteiger partial charge in [0.2, 0.25) is 17.7 Å². The van der Waals surface area contributed by atoms with Gasteiger partial charge in [0.15, 0.2) is 0 Å². The molecule has 1 N–H and O–H groups in total. The number of rotatable bonds is 3. The molecular weight excluding hydrogens is 328 g/mol. The zero-order chi connectivity index (χ0) is 19.3. The lowest BCUT2D eigenvalue weighted by Crippen LogP contribution is -2.64. The van der Waals surface area contributed by atoms with Crippen LogP contribution in [0.1, 0.15) is 79.1 Å². The minimum atomic E-state index is -0.674. The van der Waals surface area contributed by atoms with Crippen molar-refractivity contribution in [3.05, 3.63) is 0 Å². The number of carbonyl (C=O) groups excluding carboxylic acids is 3. The largest absolute Gasteiger partial charge is 0.342 e. The van der Waals surface area contributed by atoms with Gasteiger partial charge in [0.1, 0.15) is 0 Å². The normalized spacial score (nSPS) is 39.3. The number of nitrogens with zero attached hydrogens (tertiary/aromatic N) is 1. The van der Waals surface area contributed by atoms with Gasteiger partial charge in [-0.05, 0) is 44.9 Å². The Hall–Kier alpha value is -1.39. The number of imide groups is 1. The first-order valence-electron chi connectivity index (χ1n) is 10.1. The SMILES string of the molecule is C[C@H](C1CCCCC1)N(C)C(=O)C1(C)CC2(C)CC(C)(C1)C(=O)NC2=O. The van der Waals surface area contributed by atoms with E-state index in [-0.39, 0.29) is 23.8 Å². The van der Waals surface area contributed by atoms with Crippen LogP contribution in [0.15, 0.2) is 0 Å². The van der Waals surface area contributed by atoms with Gasteiger partial charge in [0.05, 0.1) is 0 Å². The average Bonchev–Trinajstić information content (AvgIpc) is 2.58. The Labute approximate surface area is 157 Å². The van der Waals surface area contributed by atoms with Crippen LogP contribution in [-0.2, 0) is 14.4 Å². The zero-order valence-corrected chi connectivity index (χ0v) is 17.0. The van der Waals surface area contributed by atoms with E-state index in [1.54, 1.807) is 0 Å². The highest BCUT2D eigenvalue weighted by Gasteiger charge is 2.61. The zero-order valence-electron chi connectivity index (χ0n) is 17.0. The maximum absolute atomic E-state index is 13.5. The van der Waals surface area contributed by atoms with Crippen molar-refractivity contribution in [3.63, 3.8) is 0 Å². The fraction of sp³-hybridized carbons (Fsp3) is 0.857. The number of amides is 3. The number of nitrogens with one attached hydrogen (secondary N) is 1. The Bertz CT molecular complexity index is 597. The Morgan fingerprint density at radius 3 is 2.00 bits per heavy atom. The van der Waals surface area contributed by atoms with Gasteiger partial charge in [-0.25, -0.2) is 0 Å². The summed E-state index contributed by atoms with van der Waals surface area (Å²) in [6, 6.07) is 0.200. The van der Waals surface area contributed by atoms with E-state index >= 15 is 0 Å². The second-order valence-corrected chi connectivity index (χ2v) is 10.1. The van der Waals surface area contributed by atoms with E-state index in [0.29, 0.717) is 25.2 Å². The lowest BCUT2D eigenvalue weighted by molar-refractivity contribution is -0.168. The fourth-order valence-corrected chi connectivity index (χ4v) is 6.19. The number of hydrogen-bond donors (Lipinski definition) is 1. The van der Waals surface area contributed by atoms with Gasteiger partial charge < -0.3 is 4.90 Å². The van der Waals surface area contributed by atoms with Gasteiger partial charge in [-0.1, -0.05) is 40.0 Å². The Morgan fingerprint density at radius 2 is 1.50 bits per heavy atom. The second-order valence-electron chi connectivity index (χ2n) is 10.1. The van der Waals surface area contributed by atoms with Crippen LogP contribution in [-0.4, -0.2) is 35.7 Å². The summed E-state index contributed by atoms with van der Waals surface area (Å²) in [7, 11) is 1.91. The molecule has 3 atom stereocenters. The Morgan fingerprint density at radius 1 is 1.00 bits per heavy atom. The molecule has 5 heteroatoms. The molecule has 0 aromatic heterocycles. The summed E-state index contributed by atoms with van der Waals surface area (Å²) >= 11 is 0. The van der Waals surface area contributed by atoms with E-state index in [9.17, 15) is 14.4 Å². The molecule has 0 aromatic rings. The molecule has 1 aliphatic heterocycles. The number of piperidine rings is 1. The van der Waals surface area contributed by atoms with Crippen molar-refractivity contribution < 1.29 is 14.4 Å². The molecule has 1 heterocycles. The van der Waals surface area contributed by atoms with Gasteiger partial charge in [-0.15, -0.1) is 0 Å².